The van der Waals surface area contributed by atoms with Crippen molar-refractivity contribution in [2.24, 2.45) is 0 Å². The molecule has 0 saturated heterocycles. The van der Waals surface area contributed by atoms with Crippen LogP contribution in [0.25, 0.3) is 0 Å². The van der Waals surface area contributed by atoms with Crippen LogP contribution in [0.5, 0.6) is 0 Å². The number of halogens is 1. The number of hydrogen-bond donors (Lipinski definition) is 1. The molecule has 3 aromatic rings. The minimum atomic E-state index is -0.896. The van der Waals surface area contributed by atoms with Crippen LogP contribution in [0, 0.1) is 0 Å². The molecule has 30 heavy (non-hydrogen) atoms. The molecular weight excluding hydrogens is 420 g/mol. The Bertz CT molecular complexity index is 992. The lowest BCUT2D eigenvalue weighted by Crippen LogP contribution is -2.50. The van der Waals surface area contributed by atoms with Crippen LogP contribution in [0.1, 0.15) is 49.3 Å². The highest BCUT2D eigenvalue weighted by Crippen LogP contribution is 2.31. The Balaban J connectivity index is 2.14. The van der Waals surface area contributed by atoms with Gasteiger partial charge in [0.05, 0.1) is 0 Å². The molecule has 0 aliphatic rings. The monoisotopic (exact) mass is 442 g/mol. The van der Waals surface area contributed by atoms with Crippen molar-refractivity contribution in [3.63, 3.8) is 0 Å². The van der Waals surface area contributed by atoms with Crippen LogP contribution in [-0.2, 0) is 4.79 Å². The average molecular weight is 443 g/mol. The molecule has 2 aromatic carbocycles. The van der Waals surface area contributed by atoms with Crippen LogP contribution in [0.4, 0.5) is 5.69 Å². The Morgan fingerprint density at radius 1 is 1.13 bits per heavy atom. The zero-order valence-corrected chi connectivity index (χ0v) is 18.6. The van der Waals surface area contributed by atoms with E-state index in [1.807, 2.05) is 51.1 Å². The molecule has 1 aromatic heterocycles. The van der Waals surface area contributed by atoms with Crippen molar-refractivity contribution in [3.05, 3.63) is 76.3 Å². The fourth-order valence-corrected chi connectivity index (χ4v) is 3.47. The highest BCUT2D eigenvalue weighted by Gasteiger charge is 2.36. The zero-order valence-electron chi connectivity index (χ0n) is 17.0. The van der Waals surface area contributed by atoms with Gasteiger partial charge < -0.3 is 5.32 Å². The summed E-state index contributed by atoms with van der Waals surface area (Å²) in [6.45, 7) is 5.90. The minimum absolute atomic E-state index is 0.179. The number of nitrogens with zero attached hydrogens (tertiary/aromatic N) is 3. The van der Waals surface area contributed by atoms with E-state index in [4.69, 9.17) is 11.6 Å². The van der Waals surface area contributed by atoms with E-state index in [9.17, 15) is 9.59 Å². The van der Waals surface area contributed by atoms with Crippen LogP contribution in [0.15, 0.2) is 60.0 Å². The normalized spacial score (nSPS) is 12.3. The second-order valence-electron chi connectivity index (χ2n) is 7.48. The molecule has 0 spiro atoms. The summed E-state index contributed by atoms with van der Waals surface area (Å²) in [5.41, 5.74) is 0.976. The molecule has 1 atom stereocenters. The molecule has 6 nitrogen and oxygen atoms in total. The summed E-state index contributed by atoms with van der Waals surface area (Å²) in [5.74, 6) is -0.691. The maximum atomic E-state index is 13.5. The Morgan fingerprint density at radius 3 is 2.37 bits per heavy atom. The lowest BCUT2D eigenvalue weighted by molar-refractivity contribution is -0.124. The van der Waals surface area contributed by atoms with E-state index >= 15 is 0 Å². The van der Waals surface area contributed by atoms with Gasteiger partial charge in [-0.3, -0.25) is 14.5 Å². The highest BCUT2D eigenvalue weighted by molar-refractivity contribution is 7.03. The quantitative estimate of drug-likeness (QED) is 0.565. The number of anilines is 1. The summed E-state index contributed by atoms with van der Waals surface area (Å²) in [7, 11) is 0. The van der Waals surface area contributed by atoms with E-state index in [0.29, 0.717) is 16.3 Å². The standard InChI is InChI=1S/C22H23ClN4O2S/c1-4-22(2,3)24-20(28)19(15-8-6-5-7-9-15)27(17-12-10-16(23)11-13-17)21(29)18-14-30-26-25-18/h5-14,19H,4H2,1-3H3,(H,24,28)/t19-/m0/s1. The smallest absolute Gasteiger partial charge is 0.280 e. The number of carbonyl (C=O) groups excluding carboxylic acids is 2. The van der Waals surface area contributed by atoms with Gasteiger partial charge in [0, 0.05) is 21.6 Å². The first-order valence-electron chi connectivity index (χ1n) is 9.55. The first kappa shape index (κ1) is 21.9. The highest BCUT2D eigenvalue weighted by atomic mass is 35.5. The lowest BCUT2D eigenvalue weighted by Gasteiger charge is -2.34. The van der Waals surface area contributed by atoms with Crippen LogP contribution in [-0.4, -0.2) is 26.9 Å². The van der Waals surface area contributed by atoms with Gasteiger partial charge in [0.2, 0.25) is 5.91 Å². The Labute approximate surface area is 185 Å². The SMILES string of the molecule is CCC(C)(C)NC(=O)[C@H](c1ccccc1)N(C(=O)c1csnn1)c1ccc(Cl)cc1. The minimum Gasteiger partial charge on any atom is -0.349 e. The average Bonchev–Trinajstić information content (AvgIpc) is 3.27. The van der Waals surface area contributed by atoms with Gasteiger partial charge in [-0.2, -0.15) is 0 Å². The first-order chi connectivity index (χ1) is 14.3. The van der Waals surface area contributed by atoms with Crippen molar-refractivity contribution in [3.8, 4) is 0 Å². The molecule has 0 aliphatic carbocycles. The third-order valence-electron chi connectivity index (χ3n) is 4.87. The molecule has 1 N–H and O–H groups in total. The largest absolute Gasteiger partial charge is 0.349 e. The summed E-state index contributed by atoms with van der Waals surface area (Å²) in [6, 6.07) is 15.1. The van der Waals surface area contributed by atoms with Crippen LogP contribution in [0.3, 0.4) is 0 Å². The van der Waals surface area contributed by atoms with E-state index in [-0.39, 0.29) is 11.6 Å². The molecule has 0 fully saturated rings. The summed E-state index contributed by atoms with van der Waals surface area (Å²) in [5, 5.41) is 9.11. The number of carbonyl (C=O) groups is 2. The molecule has 2 amide bonds. The number of rotatable bonds is 7. The summed E-state index contributed by atoms with van der Waals surface area (Å²) < 4.78 is 3.81. The van der Waals surface area contributed by atoms with E-state index < -0.39 is 17.5 Å². The molecule has 1 heterocycles. The van der Waals surface area contributed by atoms with Gasteiger partial charge in [0.1, 0.15) is 6.04 Å². The third-order valence-corrected chi connectivity index (χ3v) is 5.63. The second kappa shape index (κ2) is 9.36. The Morgan fingerprint density at radius 2 is 1.80 bits per heavy atom. The molecule has 156 valence electrons. The van der Waals surface area contributed by atoms with E-state index in [2.05, 4.69) is 14.9 Å². The number of amides is 2. The van der Waals surface area contributed by atoms with Gasteiger partial charge >= 0.3 is 0 Å². The number of hydrogen-bond acceptors (Lipinski definition) is 5. The summed E-state index contributed by atoms with van der Waals surface area (Å²) in [4.78, 5) is 28.4. The summed E-state index contributed by atoms with van der Waals surface area (Å²) >= 11 is 7.14. The Kier molecular flexibility index (Phi) is 6.84. The van der Waals surface area contributed by atoms with Gasteiger partial charge in [0.25, 0.3) is 5.91 Å². The molecule has 3 rings (SSSR count). The molecule has 0 saturated carbocycles. The van der Waals surface area contributed by atoms with Crippen molar-refractivity contribution in [2.75, 3.05) is 4.90 Å². The maximum absolute atomic E-state index is 13.5. The molecule has 0 aliphatic heterocycles. The number of aromatic nitrogens is 2. The van der Waals surface area contributed by atoms with Crippen LogP contribution < -0.4 is 10.2 Å². The van der Waals surface area contributed by atoms with E-state index in [1.165, 1.54) is 4.90 Å². The first-order valence-corrected chi connectivity index (χ1v) is 10.8. The fourth-order valence-electron chi connectivity index (χ4n) is 2.91. The topological polar surface area (TPSA) is 75.2 Å². The van der Waals surface area contributed by atoms with Crippen molar-refractivity contribution in [1.29, 1.82) is 0 Å². The molecule has 0 unspecified atom stereocenters. The van der Waals surface area contributed by atoms with Gasteiger partial charge in [-0.15, -0.1) is 5.10 Å². The molecule has 0 bridgehead atoms. The second-order valence-corrected chi connectivity index (χ2v) is 8.53. The Hall–Kier alpha value is -2.77. The van der Waals surface area contributed by atoms with Gasteiger partial charge in [-0.1, -0.05) is 53.3 Å². The lowest BCUT2D eigenvalue weighted by atomic mass is 9.98. The van der Waals surface area contributed by atoms with Gasteiger partial charge in [-0.25, -0.2) is 0 Å². The number of nitrogens with one attached hydrogen (secondary N) is 1. The van der Waals surface area contributed by atoms with Crippen LogP contribution >= 0.6 is 23.1 Å². The van der Waals surface area contributed by atoms with Gasteiger partial charge in [-0.05, 0) is 61.6 Å². The molecule has 8 heteroatoms. The predicted octanol–water partition coefficient (Wildman–Crippen LogP) is 4.88. The van der Waals surface area contributed by atoms with E-state index in [1.54, 1.807) is 29.6 Å². The van der Waals surface area contributed by atoms with Crippen LogP contribution in [0.2, 0.25) is 5.02 Å². The summed E-state index contributed by atoms with van der Waals surface area (Å²) in [6.07, 6.45) is 0.741. The fraction of sp³-hybridized carbons (Fsp3) is 0.273. The van der Waals surface area contributed by atoms with Crippen molar-refractivity contribution in [2.45, 2.75) is 38.8 Å². The zero-order chi connectivity index (χ0) is 21.7. The molecule has 0 radical (unpaired) electrons. The number of benzene rings is 2. The van der Waals surface area contributed by atoms with Gasteiger partial charge in [0.15, 0.2) is 5.69 Å². The van der Waals surface area contributed by atoms with Crippen molar-refractivity contribution in [1.82, 2.24) is 14.9 Å². The maximum Gasteiger partial charge on any atom is 0.280 e. The molecular formula is C22H23ClN4O2S. The third kappa shape index (κ3) is 5.04. The predicted molar refractivity (Wildman–Crippen MR) is 120 cm³/mol. The van der Waals surface area contributed by atoms with Crippen molar-refractivity contribution < 1.29 is 9.59 Å². The van der Waals surface area contributed by atoms with E-state index in [0.717, 1.165) is 18.0 Å². The van der Waals surface area contributed by atoms with Crippen molar-refractivity contribution >= 4 is 40.6 Å².